The van der Waals surface area contributed by atoms with Crippen molar-refractivity contribution in [1.29, 1.82) is 0 Å². The summed E-state index contributed by atoms with van der Waals surface area (Å²) in [4.78, 5) is 13.3. The molecule has 0 fully saturated rings. The molecule has 0 amide bonds. The first-order chi connectivity index (χ1) is 9.22. The first kappa shape index (κ1) is 16.5. The zero-order valence-corrected chi connectivity index (χ0v) is 13.4. The summed E-state index contributed by atoms with van der Waals surface area (Å²) in [6.45, 7) is 8.77. The predicted octanol–water partition coefficient (Wildman–Crippen LogP) is 4.02. The number of nitrogens with zero attached hydrogens (tertiary/aromatic N) is 1. The van der Waals surface area contributed by atoms with E-state index in [1.54, 1.807) is 13.8 Å². The highest BCUT2D eigenvalue weighted by Gasteiger charge is 2.25. The van der Waals surface area contributed by atoms with E-state index in [2.05, 4.69) is 44.0 Å². The molecule has 0 bridgehead atoms. The quantitative estimate of drug-likeness (QED) is 0.765. The van der Waals surface area contributed by atoms with Crippen molar-refractivity contribution >= 4 is 11.7 Å². The van der Waals surface area contributed by atoms with Gasteiger partial charge < -0.3 is 10.0 Å². The molecule has 0 spiro atoms. The molecule has 0 saturated carbocycles. The third-order valence-electron chi connectivity index (χ3n) is 3.77. The van der Waals surface area contributed by atoms with Gasteiger partial charge in [-0.15, -0.1) is 0 Å². The highest BCUT2D eigenvalue weighted by molar-refractivity contribution is 5.73. The lowest BCUT2D eigenvalue weighted by Crippen LogP contribution is -2.24. The van der Waals surface area contributed by atoms with Crippen molar-refractivity contribution < 1.29 is 9.90 Å². The molecule has 1 aromatic rings. The minimum Gasteiger partial charge on any atom is -0.481 e. The Morgan fingerprint density at radius 3 is 2.20 bits per heavy atom. The van der Waals surface area contributed by atoms with Gasteiger partial charge >= 0.3 is 5.97 Å². The van der Waals surface area contributed by atoms with E-state index in [1.807, 2.05) is 0 Å². The maximum atomic E-state index is 11.0. The molecule has 20 heavy (non-hydrogen) atoms. The van der Waals surface area contributed by atoms with Crippen LogP contribution in [0.2, 0.25) is 0 Å². The van der Waals surface area contributed by atoms with Gasteiger partial charge in [-0.05, 0) is 63.8 Å². The number of aryl methyl sites for hydroxylation is 2. The number of carbonyl (C=O) groups is 1. The zero-order chi connectivity index (χ0) is 15.3. The first-order valence-corrected chi connectivity index (χ1v) is 7.25. The van der Waals surface area contributed by atoms with Gasteiger partial charge in [0.2, 0.25) is 0 Å². The summed E-state index contributed by atoms with van der Waals surface area (Å²) in [6.07, 6.45) is 2.68. The summed E-state index contributed by atoms with van der Waals surface area (Å²) in [7, 11) is 2.09. The van der Waals surface area contributed by atoms with E-state index in [4.69, 9.17) is 5.11 Å². The Bertz CT molecular complexity index is 446. The van der Waals surface area contributed by atoms with Crippen LogP contribution in [0.25, 0.3) is 0 Å². The predicted molar refractivity (Wildman–Crippen MR) is 84.5 cm³/mol. The molecule has 1 N–H and O–H groups in total. The molecular formula is C17H27NO2. The molecule has 0 heterocycles. The molecule has 0 aliphatic carbocycles. The Hall–Kier alpha value is -1.51. The third kappa shape index (κ3) is 4.87. The number of hydrogen-bond acceptors (Lipinski definition) is 2. The van der Waals surface area contributed by atoms with Crippen molar-refractivity contribution in [3.05, 3.63) is 29.3 Å². The van der Waals surface area contributed by atoms with E-state index in [0.29, 0.717) is 0 Å². The summed E-state index contributed by atoms with van der Waals surface area (Å²) in [5.74, 6) is -0.708. The standard InChI is InChI=1S/C17H27NO2/c1-13-10-14(2)12-15(11-13)18(5)9-7-6-8-17(3,4)16(19)20/h10-12H,6-9H2,1-5H3,(H,19,20). The first-order valence-electron chi connectivity index (χ1n) is 7.25. The molecule has 0 saturated heterocycles. The third-order valence-corrected chi connectivity index (χ3v) is 3.77. The minimum absolute atomic E-state index is 0.613. The Morgan fingerprint density at radius 1 is 1.15 bits per heavy atom. The van der Waals surface area contributed by atoms with Crippen molar-refractivity contribution in [2.24, 2.45) is 5.41 Å². The van der Waals surface area contributed by atoms with Crippen LogP contribution in [0.3, 0.4) is 0 Å². The smallest absolute Gasteiger partial charge is 0.309 e. The summed E-state index contributed by atoms with van der Waals surface area (Å²) in [6, 6.07) is 6.55. The molecule has 1 aromatic carbocycles. The monoisotopic (exact) mass is 277 g/mol. The number of aliphatic carboxylic acids is 1. The topological polar surface area (TPSA) is 40.5 Å². The van der Waals surface area contributed by atoms with Crippen molar-refractivity contribution in [3.8, 4) is 0 Å². The second-order valence-corrected chi connectivity index (χ2v) is 6.41. The maximum Gasteiger partial charge on any atom is 0.309 e. The van der Waals surface area contributed by atoms with Gasteiger partial charge in [-0.3, -0.25) is 4.79 Å². The lowest BCUT2D eigenvalue weighted by Gasteiger charge is -2.22. The fourth-order valence-electron chi connectivity index (χ4n) is 2.32. The van der Waals surface area contributed by atoms with Crippen LogP contribution in [-0.4, -0.2) is 24.7 Å². The number of unbranched alkanes of at least 4 members (excludes halogenated alkanes) is 1. The number of carboxylic acids is 1. The number of anilines is 1. The van der Waals surface area contributed by atoms with E-state index in [9.17, 15) is 4.79 Å². The Balaban J connectivity index is 2.44. The van der Waals surface area contributed by atoms with Gasteiger partial charge in [0, 0.05) is 19.3 Å². The van der Waals surface area contributed by atoms with Crippen LogP contribution in [0.1, 0.15) is 44.2 Å². The van der Waals surface area contributed by atoms with Crippen LogP contribution in [0.4, 0.5) is 5.69 Å². The van der Waals surface area contributed by atoms with Crippen LogP contribution in [0, 0.1) is 19.3 Å². The Labute approximate surface area is 122 Å². The molecule has 0 radical (unpaired) electrons. The average molecular weight is 277 g/mol. The van der Waals surface area contributed by atoms with Crippen molar-refractivity contribution in [3.63, 3.8) is 0 Å². The van der Waals surface area contributed by atoms with Gasteiger partial charge in [0.25, 0.3) is 0 Å². The van der Waals surface area contributed by atoms with Gasteiger partial charge in [0.05, 0.1) is 5.41 Å². The van der Waals surface area contributed by atoms with Crippen LogP contribution < -0.4 is 4.90 Å². The number of carboxylic acid groups (broad SMARTS) is 1. The lowest BCUT2D eigenvalue weighted by atomic mass is 9.87. The summed E-state index contributed by atoms with van der Waals surface area (Å²) in [5.41, 5.74) is 3.18. The lowest BCUT2D eigenvalue weighted by molar-refractivity contribution is -0.147. The van der Waals surface area contributed by atoms with Crippen LogP contribution in [-0.2, 0) is 4.79 Å². The number of rotatable bonds is 7. The average Bonchev–Trinajstić information content (AvgIpc) is 2.33. The fraction of sp³-hybridized carbons (Fsp3) is 0.588. The molecule has 1 rings (SSSR count). The Kier molecular flexibility index (Phi) is 5.61. The summed E-state index contributed by atoms with van der Waals surface area (Å²) >= 11 is 0. The number of benzene rings is 1. The van der Waals surface area contributed by atoms with Gasteiger partial charge in [-0.2, -0.15) is 0 Å². The van der Waals surface area contributed by atoms with E-state index in [-0.39, 0.29) is 0 Å². The largest absolute Gasteiger partial charge is 0.481 e. The van der Waals surface area contributed by atoms with Crippen molar-refractivity contribution in [1.82, 2.24) is 0 Å². The van der Waals surface area contributed by atoms with Gasteiger partial charge in [-0.1, -0.05) is 12.5 Å². The van der Waals surface area contributed by atoms with Crippen molar-refractivity contribution in [2.45, 2.75) is 47.0 Å². The van der Waals surface area contributed by atoms with E-state index >= 15 is 0 Å². The second-order valence-electron chi connectivity index (χ2n) is 6.41. The molecule has 3 nitrogen and oxygen atoms in total. The summed E-state index contributed by atoms with van der Waals surface area (Å²) < 4.78 is 0. The van der Waals surface area contributed by atoms with Crippen LogP contribution >= 0.6 is 0 Å². The highest BCUT2D eigenvalue weighted by Crippen LogP contribution is 2.24. The SMILES string of the molecule is Cc1cc(C)cc(N(C)CCCCC(C)(C)C(=O)O)c1. The molecule has 0 unspecified atom stereocenters. The van der Waals surface area contributed by atoms with Crippen molar-refractivity contribution in [2.75, 3.05) is 18.5 Å². The maximum absolute atomic E-state index is 11.0. The fourth-order valence-corrected chi connectivity index (χ4v) is 2.32. The molecular weight excluding hydrogens is 250 g/mol. The van der Waals surface area contributed by atoms with E-state index in [0.717, 1.165) is 25.8 Å². The highest BCUT2D eigenvalue weighted by atomic mass is 16.4. The number of hydrogen-bond donors (Lipinski definition) is 1. The zero-order valence-electron chi connectivity index (χ0n) is 13.4. The van der Waals surface area contributed by atoms with Gasteiger partial charge in [0.1, 0.15) is 0 Å². The molecule has 0 atom stereocenters. The molecule has 0 aliphatic rings. The molecule has 112 valence electrons. The van der Waals surface area contributed by atoms with E-state index < -0.39 is 11.4 Å². The molecule has 3 heteroatoms. The second kappa shape index (κ2) is 6.78. The molecule has 0 aliphatic heterocycles. The minimum atomic E-state index is -0.708. The normalized spacial score (nSPS) is 11.4. The Morgan fingerprint density at radius 2 is 1.70 bits per heavy atom. The molecule has 0 aromatic heterocycles. The summed E-state index contributed by atoms with van der Waals surface area (Å²) in [5, 5.41) is 9.08. The van der Waals surface area contributed by atoms with Gasteiger partial charge in [-0.25, -0.2) is 0 Å². The van der Waals surface area contributed by atoms with E-state index in [1.165, 1.54) is 16.8 Å². The van der Waals surface area contributed by atoms with Crippen LogP contribution in [0.15, 0.2) is 18.2 Å². The van der Waals surface area contributed by atoms with Gasteiger partial charge in [0.15, 0.2) is 0 Å². The van der Waals surface area contributed by atoms with Crippen LogP contribution in [0.5, 0.6) is 0 Å².